The molecule has 0 spiro atoms. The van der Waals surface area contributed by atoms with Crippen LogP contribution in [0.3, 0.4) is 0 Å². The van der Waals surface area contributed by atoms with E-state index in [1.807, 2.05) is 26.0 Å². The van der Waals surface area contributed by atoms with Crippen LogP contribution in [0.5, 0.6) is 0 Å². The minimum absolute atomic E-state index is 0.0265. The van der Waals surface area contributed by atoms with Gasteiger partial charge in [0.2, 0.25) is 0 Å². The molecule has 1 aliphatic rings. The lowest BCUT2D eigenvalue weighted by Crippen LogP contribution is -2.38. The standard InChI is InChI=1S/C15H20ClNO3/c1-9-4-13(14(16)5-10(9)2)15(19)17-7-12(20-3)6-11(17)8-18/h4-5,11-12,18H,6-8H2,1-3H3/t11-,12-/m0/s1. The molecule has 2 atom stereocenters. The third-order valence-electron chi connectivity index (χ3n) is 3.99. The number of likely N-dealkylation sites (tertiary alicyclic amines) is 1. The van der Waals surface area contributed by atoms with Crippen molar-refractivity contribution in [2.45, 2.75) is 32.4 Å². The van der Waals surface area contributed by atoms with Gasteiger partial charge in [-0.3, -0.25) is 4.79 Å². The van der Waals surface area contributed by atoms with E-state index in [-0.39, 0.29) is 24.7 Å². The molecule has 0 saturated carbocycles. The topological polar surface area (TPSA) is 49.8 Å². The van der Waals surface area contributed by atoms with Crippen molar-refractivity contribution in [1.29, 1.82) is 0 Å². The normalized spacial score (nSPS) is 22.4. The largest absolute Gasteiger partial charge is 0.394 e. The van der Waals surface area contributed by atoms with Crippen molar-refractivity contribution >= 4 is 17.5 Å². The Morgan fingerprint density at radius 1 is 1.45 bits per heavy atom. The van der Waals surface area contributed by atoms with Gasteiger partial charge in [-0.2, -0.15) is 0 Å². The molecule has 1 fully saturated rings. The predicted molar refractivity (Wildman–Crippen MR) is 78.3 cm³/mol. The molecule has 0 aromatic heterocycles. The quantitative estimate of drug-likeness (QED) is 0.930. The van der Waals surface area contributed by atoms with Crippen molar-refractivity contribution in [3.63, 3.8) is 0 Å². The van der Waals surface area contributed by atoms with Crippen LogP contribution in [0.1, 0.15) is 27.9 Å². The number of aryl methyl sites for hydroxylation is 2. The van der Waals surface area contributed by atoms with E-state index in [0.29, 0.717) is 23.6 Å². The number of aliphatic hydroxyl groups is 1. The zero-order valence-corrected chi connectivity index (χ0v) is 12.8. The van der Waals surface area contributed by atoms with E-state index in [0.717, 1.165) is 11.1 Å². The molecule has 1 heterocycles. The lowest BCUT2D eigenvalue weighted by atomic mass is 10.0. The van der Waals surface area contributed by atoms with Gasteiger partial charge in [0.15, 0.2) is 0 Å². The number of nitrogens with zero attached hydrogens (tertiary/aromatic N) is 1. The highest BCUT2D eigenvalue weighted by Gasteiger charge is 2.35. The van der Waals surface area contributed by atoms with E-state index in [2.05, 4.69) is 0 Å². The van der Waals surface area contributed by atoms with Gasteiger partial charge in [0.05, 0.1) is 29.3 Å². The fourth-order valence-electron chi connectivity index (χ4n) is 2.57. The summed E-state index contributed by atoms with van der Waals surface area (Å²) in [4.78, 5) is 14.3. The number of amides is 1. The molecule has 1 N–H and O–H groups in total. The molecule has 20 heavy (non-hydrogen) atoms. The van der Waals surface area contributed by atoms with Crippen LogP contribution in [0.4, 0.5) is 0 Å². The Hall–Kier alpha value is -1.10. The van der Waals surface area contributed by atoms with Crippen molar-refractivity contribution in [3.05, 3.63) is 33.8 Å². The number of ether oxygens (including phenoxy) is 1. The number of benzene rings is 1. The van der Waals surface area contributed by atoms with Gasteiger partial charge in [-0.1, -0.05) is 11.6 Å². The van der Waals surface area contributed by atoms with Crippen molar-refractivity contribution in [2.24, 2.45) is 0 Å². The summed E-state index contributed by atoms with van der Waals surface area (Å²) in [5.74, 6) is -0.142. The summed E-state index contributed by atoms with van der Waals surface area (Å²) in [6.45, 7) is 4.34. The lowest BCUT2D eigenvalue weighted by molar-refractivity contribution is 0.0648. The van der Waals surface area contributed by atoms with Crippen LogP contribution in [-0.4, -0.2) is 48.3 Å². The smallest absolute Gasteiger partial charge is 0.255 e. The number of aliphatic hydroxyl groups excluding tert-OH is 1. The molecule has 1 aliphatic heterocycles. The van der Waals surface area contributed by atoms with E-state index < -0.39 is 0 Å². The third kappa shape index (κ3) is 2.82. The fraction of sp³-hybridized carbons (Fsp3) is 0.533. The summed E-state index contributed by atoms with van der Waals surface area (Å²) in [6, 6.07) is 3.42. The molecule has 1 aromatic rings. The van der Waals surface area contributed by atoms with E-state index in [1.165, 1.54) is 0 Å². The molecule has 0 unspecified atom stereocenters. The molecule has 1 aromatic carbocycles. The molecular formula is C15H20ClNO3. The molecule has 0 aliphatic carbocycles. The first kappa shape index (κ1) is 15.3. The van der Waals surface area contributed by atoms with Gasteiger partial charge in [-0.25, -0.2) is 0 Å². The van der Waals surface area contributed by atoms with Crippen LogP contribution >= 0.6 is 11.6 Å². The monoisotopic (exact) mass is 297 g/mol. The van der Waals surface area contributed by atoms with E-state index in [1.54, 1.807) is 12.0 Å². The zero-order chi connectivity index (χ0) is 14.9. The molecule has 0 radical (unpaired) electrons. The highest BCUT2D eigenvalue weighted by Crippen LogP contribution is 2.27. The number of methoxy groups -OCH3 is 1. The summed E-state index contributed by atoms with van der Waals surface area (Å²) in [5, 5.41) is 9.89. The maximum atomic E-state index is 12.6. The van der Waals surface area contributed by atoms with Crippen molar-refractivity contribution in [2.75, 3.05) is 20.3 Å². The Kier molecular flexibility index (Phi) is 4.68. The summed E-state index contributed by atoms with van der Waals surface area (Å²) in [6.07, 6.45) is 0.628. The Balaban J connectivity index is 2.29. The number of carbonyl (C=O) groups excluding carboxylic acids is 1. The van der Waals surface area contributed by atoms with E-state index in [4.69, 9.17) is 16.3 Å². The van der Waals surface area contributed by atoms with E-state index >= 15 is 0 Å². The lowest BCUT2D eigenvalue weighted by Gasteiger charge is -2.23. The maximum Gasteiger partial charge on any atom is 0.255 e. The average Bonchev–Trinajstić information content (AvgIpc) is 2.85. The molecule has 1 amide bonds. The van der Waals surface area contributed by atoms with Gasteiger partial charge in [0, 0.05) is 13.7 Å². The minimum Gasteiger partial charge on any atom is -0.394 e. The Morgan fingerprint density at radius 3 is 2.70 bits per heavy atom. The number of hydrogen-bond acceptors (Lipinski definition) is 3. The Bertz CT molecular complexity index is 518. The van der Waals surface area contributed by atoms with Crippen LogP contribution in [-0.2, 0) is 4.74 Å². The molecule has 2 rings (SSSR count). The molecule has 0 bridgehead atoms. The van der Waals surface area contributed by atoms with Gasteiger partial charge in [0.25, 0.3) is 5.91 Å². The van der Waals surface area contributed by atoms with E-state index in [9.17, 15) is 9.90 Å². The van der Waals surface area contributed by atoms with Gasteiger partial charge in [-0.15, -0.1) is 0 Å². The first-order valence-electron chi connectivity index (χ1n) is 6.69. The number of halogens is 1. The van der Waals surface area contributed by atoms with Crippen LogP contribution < -0.4 is 0 Å². The molecule has 1 saturated heterocycles. The average molecular weight is 298 g/mol. The molecule has 4 nitrogen and oxygen atoms in total. The number of rotatable bonds is 3. The minimum atomic E-state index is -0.204. The summed E-state index contributed by atoms with van der Waals surface area (Å²) < 4.78 is 5.29. The van der Waals surface area contributed by atoms with Crippen molar-refractivity contribution < 1.29 is 14.6 Å². The molecule has 5 heteroatoms. The second-order valence-corrected chi connectivity index (χ2v) is 5.71. The van der Waals surface area contributed by atoms with Crippen LogP contribution in [0, 0.1) is 13.8 Å². The third-order valence-corrected chi connectivity index (χ3v) is 4.31. The van der Waals surface area contributed by atoms with Gasteiger partial charge < -0.3 is 14.7 Å². The van der Waals surface area contributed by atoms with Crippen molar-refractivity contribution in [1.82, 2.24) is 4.90 Å². The zero-order valence-electron chi connectivity index (χ0n) is 12.0. The molecule has 110 valence electrons. The maximum absolute atomic E-state index is 12.6. The highest BCUT2D eigenvalue weighted by atomic mass is 35.5. The molecular weight excluding hydrogens is 278 g/mol. The first-order chi connectivity index (χ1) is 9.47. The fourth-order valence-corrected chi connectivity index (χ4v) is 2.86. The number of carbonyl (C=O) groups is 1. The highest BCUT2D eigenvalue weighted by molar-refractivity contribution is 6.34. The van der Waals surface area contributed by atoms with Gasteiger partial charge in [-0.05, 0) is 43.5 Å². The SMILES string of the molecule is CO[C@H]1C[C@@H](CO)N(C(=O)c2cc(C)c(C)cc2Cl)C1. The van der Waals surface area contributed by atoms with Crippen LogP contribution in [0.25, 0.3) is 0 Å². The Morgan fingerprint density at radius 2 is 2.10 bits per heavy atom. The number of hydrogen-bond donors (Lipinski definition) is 1. The summed E-state index contributed by atoms with van der Waals surface area (Å²) in [5.41, 5.74) is 2.58. The first-order valence-corrected chi connectivity index (χ1v) is 7.07. The predicted octanol–water partition coefficient (Wildman–Crippen LogP) is 2.18. The van der Waals surface area contributed by atoms with Crippen LogP contribution in [0.2, 0.25) is 5.02 Å². The van der Waals surface area contributed by atoms with Crippen molar-refractivity contribution in [3.8, 4) is 0 Å². The summed E-state index contributed by atoms with van der Waals surface area (Å²) in [7, 11) is 1.62. The second-order valence-electron chi connectivity index (χ2n) is 5.30. The van der Waals surface area contributed by atoms with Crippen LogP contribution in [0.15, 0.2) is 12.1 Å². The second kappa shape index (κ2) is 6.12. The van der Waals surface area contributed by atoms with Gasteiger partial charge >= 0.3 is 0 Å². The van der Waals surface area contributed by atoms with Gasteiger partial charge in [0.1, 0.15) is 0 Å². The Labute approximate surface area is 124 Å². The summed E-state index contributed by atoms with van der Waals surface area (Å²) >= 11 is 6.19.